The van der Waals surface area contributed by atoms with Crippen molar-refractivity contribution in [1.29, 1.82) is 0 Å². The number of anilines is 1. The van der Waals surface area contributed by atoms with Gasteiger partial charge in [0.1, 0.15) is 5.00 Å². The van der Waals surface area contributed by atoms with Crippen LogP contribution in [0.2, 0.25) is 0 Å². The molecule has 0 unspecified atom stereocenters. The van der Waals surface area contributed by atoms with Crippen LogP contribution in [0.4, 0.5) is 5.00 Å². The molecule has 0 bridgehead atoms. The summed E-state index contributed by atoms with van der Waals surface area (Å²) in [6.07, 6.45) is 0.961. The molecular weight excluding hydrogens is 306 g/mol. The molecule has 1 heterocycles. The molecule has 0 aliphatic heterocycles. The van der Waals surface area contributed by atoms with Crippen molar-refractivity contribution in [1.82, 2.24) is 0 Å². The first-order valence-corrected chi connectivity index (χ1v) is 8.00. The van der Waals surface area contributed by atoms with Crippen LogP contribution in [0.15, 0.2) is 0 Å². The van der Waals surface area contributed by atoms with Gasteiger partial charge in [-0.05, 0) is 25.8 Å². The third kappa shape index (κ3) is 4.56. The third-order valence-electron chi connectivity index (χ3n) is 2.95. The van der Waals surface area contributed by atoms with Crippen LogP contribution < -0.4 is 5.32 Å². The van der Waals surface area contributed by atoms with E-state index in [0.29, 0.717) is 10.6 Å². The lowest BCUT2D eigenvalue weighted by molar-refractivity contribution is -0.146. The molecular formula is C15H21NO5S. The summed E-state index contributed by atoms with van der Waals surface area (Å²) in [4.78, 5) is 36.0. The summed E-state index contributed by atoms with van der Waals surface area (Å²) in [5.74, 6) is -1.38. The Kier molecular flexibility index (Phi) is 7.04. The van der Waals surface area contributed by atoms with Gasteiger partial charge in [0.05, 0.1) is 12.2 Å². The molecule has 0 saturated heterocycles. The Balaban J connectivity index is 2.91. The van der Waals surface area contributed by atoms with Crippen LogP contribution >= 0.6 is 11.3 Å². The number of carbonyl (C=O) groups excluding carboxylic acids is 3. The average molecular weight is 327 g/mol. The van der Waals surface area contributed by atoms with Crippen LogP contribution in [0, 0.1) is 6.92 Å². The van der Waals surface area contributed by atoms with Crippen LogP contribution in [-0.2, 0) is 25.5 Å². The monoisotopic (exact) mass is 327 g/mol. The zero-order chi connectivity index (χ0) is 16.7. The van der Waals surface area contributed by atoms with Crippen molar-refractivity contribution < 1.29 is 23.9 Å². The average Bonchev–Trinajstić information content (AvgIpc) is 2.80. The van der Waals surface area contributed by atoms with Gasteiger partial charge in [-0.25, -0.2) is 4.79 Å². The molecule has 6 nitrogen and oxygen atoms in total. The molecule has 1 rings (SSSR count). The first kappa shape index (κ1) is 18.2. The molecule has 0 aliphatic carbocycles. The summed E-state index contributed by atoms with van der Waals surface area (Å²) in [6.45, 7) is 7.07. The summed E-state index contributed by atoms with van der Waals surface area (Å²) >= 11 is 1.34. The maximum atomic E-state index is 12.1. The summed E-state index contributed by atoms with van der Waals surface area (Å²) < 4.78 is 9.81. The molecule has 0 fully saturated rings. The number of thiophene rings is 1. The van der Waals surface area contributed by atoms with Crippen molar-refractivity contribution in [2.75, 3.05) is 18.5 Å². The zero-order valence-electron chi connectivity index (χ0n) is 13.3. The van der Waals surface area contributed by atoms with E-state index in [2.05, 4.69) is 5.32 Å². The molecule has 122 valence electrons. The fraction of sp³-hybridized carbons (Fsp3) is 0.533. The number of hydrogen-bond acceptors (Lipinski definition) is 6. The van der Waals surface area contributed by atoms with E-state index in [9.17, 15) is 14.4 Å². The number of carbonyl (C=O) groups is 3. The maximum Gasteiger partial charge on any atom is 0.341 e. The van der Waals surface area contributed by atoms with Gasteiger partial charge in [-0.3, -0.25) is 9.59 Å². The lowest BCUT2D eigenvalue weighted by atomic mass is 10.1. The fourth-order valence-electron chi connectivity index (χ4n) is 1.85. The predicted molar refractivity (Wildman–Crippen MR) is 84.3 cm³/mol. The Morgan fingerprint density at radius 2 is 1.82 bits per heavy atom. The van der Waals surface area contributed by atoms with Gasteiger partial charge in [0.15, 0.2) is 6.61 Å². The molecule has 22 heavy (non-hydrogen) atoms. The fourth-order valence-corrected chi connectivity index (χ4v) is 2.99. The van der Waals surface area contributed by atoms with E-state index in [-0.39, 0.29) is 19.6 Å². The molecule has 0 atom stereocenters. The first-order valence-electron chi connectivity index (χ1n) is 7.19. The van der Waals surface area contributed by atoms with Gasteiger partial charge >= 0.3 is 11.9 Å². The molecule has 1 N–H and O–H groups in total. The van der Waals surface area contributed by atoms with Crippen LogP contribution in [0.25, 0.3) is 0 Å². The van der Waals surface area contributed by atoms with Crippen LogP contribution in [0.1, 0.15) is 48.0 Å². The SMILES string of the molecule is CCOC(=O)c1c(NC(=O)COC(=O)CC)sc(CC)c1C. The molecule has 1 amide bonds. The Morgan fingerprint density at radius 1 is 1.14 bits per heavy atom. The Labute approximate surface area is 133 Å². The van der Waals surface area contributed by atoms with E-state index in [1.54, 1.807) is 13.8 Å². The third-order valence-corrected chi connectivity index (χ3v) is 4.30. The topological polar surface area (TPSA) is 81.7 Å². The van der Waals surface area contributed by atoms with Crippen molar-refractivity contribution in [3.8, 4) is 0 Å². The number of aryl methyl sites for hydroxylation is 1. The number of esters is 2. The van der Waals surface area contributed by atoms with Gasteiger partial charge in [0.2, 0.25) is 0 Å². The largest absolute Gasteiger partial charge is 0.462 e. The smallest absolute Gasteiger partial charge is 0.341 e. The number of ether oxygens (including phenoxy) is 2. The number of amides is 1. The Bertz CT molecular complexity index is 565. The summed E-state index contributed by atoms with van der Waals surface area (Å²) in [6, 6.07) is 0. The van der Waals surface area contributed by atoms with E-state index >= 15 is 0 Å². The van der Waals surface area contributed by atoms with Gasteiger partial charge in [-0.1, -0.05) is 13.8 Å². The van der Waals surface area contributed by atoms with Crippen molar-refractivity contribution in [3.05, 3.63) is 16.0 Å². The zero-order valence-corrected chi connectivity index (χ0v) is 14.1. The van der Waals surface area contributed by atoms with Crippen molar-refractivity contribution >= 4 is 34.2 Å². The quantitative estimate of drug-likeness (QED) is 0.779. The van der Waals surface area contributed by atoms with Gasteiger partial charge in [-0.2, -0.15) is 0 Å². The minimum atomic E-state index is -0.476. The molecule has 0 aliphatic rings. The van der Waals surface area contributed by atoms with Crippen molar-refractivity contribution in [3.63, 3.8) is 0 Å². The highest BCUT2D eigenvalue weighted by Gasteiger charge is 2.23. The van der Waals surface area contributed by atoms with Gasteiger partial charge in [0, 0.05) is 11.3 Å². The highest BCUT2D eigenvalue weighted by atomic mass is 32.1. The van der Waals surface area contributed by atoms with Gasteiger partial charge < -0.3 is 14.8 Å². The molecule has 0 saturated carbocycles. The molecule has 0 spiro atoms. The summed E-state index contributed by atoms with van der Waals surface area (Å²) in [5, 5.41) is 3.06. The molecule has 1 aromatic heterocycles. The Hall–Kier alpha value is -1.89. The molecule has 0 radical (unpaired) electrons. The summed E-state index contributed by atoms with van der Waals surface area (Å²) in [5.41, 5.74) is 1.19. The number of hydrogen-bond donors (Lipinski definition) is 1. The highest BCUT2D eigenvalue weighted by Crippen LogP contribution is 2.34. The minimum absolute atomic E-state index is 0.208. The summed E-state index contributed by atoms with van der Waals surface area (Å²) in [7, 11) is 0. The second-order valence-corrected chi connectivity index (χ2v) is 5.60. The van der Waals surface area contributed by atoms with Crippen molar-refractivity contribution in [2.24, 2.45) is 0 Å². The molecule has 0 aromatic carbocycles. The van der Waals surface area contributed by atoms with E-state index in [4.69, 9.17) is 9.47 Å². The van der Waals surface area contributed by atoms with Crippen molar-refractivity contribution in [2.45, 2.75) is 40.5 Å². The maximum absolute atomic E-state index is 12.1. The molecule has 1 aromatic rings. The number of nitrogens with one attached hydrogen (secondary N) is 1. The van der Waals surface area contributed by atoms with Crippen LogP contribution in [-0.4, -0.2) is 31.1 Å². The van der Waals surface area contributed by atoms with Gasteiger partial charge in [0.25, 0.3) is 5.91 Å². The highest BCUT2D eigenvalue weighted by molar-refractivity contribution is 7.17. The standard InChI is InChI=1S/C15H21NO5S/c1-5-10-9(4)13(15(19)20-7-3)14(22-10)16-11(17)8-21-12(18)6-2/h5-8H2,1-4H3,(H,16,17). The lowest BCUT2D eigenvalue weighted by Crippen LogP contribution is -2.21. The van der Waals surface area contributed by atoms with Gasteiger partial charge in [-0.15, -0.1) is 11.3 Å². The van der Waals surface area contributed by atoms with E-state index in [1.807, 2.05) is 13.8 Å². The molecule has 7 heteroatoms. The lowest BCUT2D eigenvalue weighted by Gasteiger charge is -2.07. The van der Waals surface area contributed by atoms with E-state index in [1.165, 1.54) is 11.3 Å². The van der Waals surface area contributed by atoms with E-state index in [0.717, 1.165) is 16.9 Å². The van der Waals surface area contributed by atoms with Crippen LogP contribution in [0.5, 0.6) is 0 Å². The predicted octanol–water partition coefficient (Wildman–Crippen LogP) is 2.69. The second kappa shape index (κ2) is 8.53. The number of rotatable bonds is 7. The second-order valence-electron chi connectivity index (χ2n) is 4.49. The Morgan fingerprint density at radius 3 is 2.36 bits per heavy atom. The first-order chi connectivity index (χ1) is 10.4. The van der Waals surface area contributed by atoms with E-state index < -0.39 is 17.8 Å². The normalized spacial score (nSPS) is 10.2. The minimum Gasteiger partial charge on any atom is -0.462 e. The van der Waals surface area contributed by atoms with Crippen LogP contribution in [0.3, 0.4) is 0 Å².